The van der Waals surface area contributed by atoms with Gasteiger partial charge < -0.3 is 9.72 Å². The third kappa shape index (κ3) is 4.45. The molecule has 0 atom stereocenters. The second kappa shape index (κ2) is 8.89. The van der Waals surface area contributed by atoms with Gasteiger partial charge in [0.1, 0.15) is 0 Å². The summed E-state index contributed by atoms with van der Waals surface area (Å²) < 4.78 is 31.8. The Balaban J connectivity index is 2.36. The molecule has 2 aromatic rings. The number of aromatic amines is 1. The molecular formula is C19H23ClN2O5S. The van der Waals surface area contributed by atoms with Gasteiger partial charge in [0.25, 0.3) is 0 Å². The van der Waals surface area contributed by atoms with Crippen LogP contribution in [0, 0.1) is 13.8 Å². The highest BCUT2D eigenvalue weighted by atomic mass is 35.5. The van der Waals surface area contributed by atoms with Crippen LogP contribution in [0.4, 0.5) is 0 Å². The van der Waals surface area contributed by atoms with Gasteiger partial charge in [-0.05, 0) is 50.1 Å². The van der Waals surface area contributed by atoms with E-state index < -0.39 is 21.8 Å². The fourth-order valence-corrected chi connectivity index (χ4v) is 4.58. The molecule has 0 amide bonds. The fraction of sp³-hybridized carbons (Fsp3) is 0.368. The lowest BCUT2D eigenvalue weighted by Gasteiger charge is -2.21. The standard InChI is InChI=1S/C19H23ClN2O5S/c1-5-10-22(28(25,26)15-8-6-14(20)7-9-15)11-16(23)18-12(2)17(13(3)21-18)19(24)27-4/h6-9,21H,5,10-11H2,1-4H3. The maximum atomic E-state index is 13.0. The van der Waals surface area contributed by atoms with Gasteiger partial charge in [0, 0.05) is 17.3 Å². The molecule has 1 heterocycles. The number of H-pyrrole nitrogens is 1. The van der Waals surface area contributed by atoms with Crippen molar-refractivity contribution >= 4 is 33.4 Å². The number of hydrogen-bond donors (Lipinski definition) is 1. The quantitative estimate of drug-likeness (QED) is 0.515. The number of ether oxygens (including phenoxy) is 1. The summed E-state index contributed by atoms with van der Waals surface area (Å²) in [6, 6.07) is 5.79. The molecule has 1 N–H and O–H groups in total. The molecule has 0 bridgehead atoms. The van der Waals surface area contributed by atoms with Gasteiger partial charge in [0.15, 0.2) is 5.78 Å². The molecule has 28 heavy (non-hydrogen) atoms. The lowest BCUT2D eigenvalue weighted by atomic mass is 10.1. The lowest BCUT2D eigenvalue weighted by Crippen LogP contribution is -2.36. The minimum Gasteiger partial charge on any atom is -0.465 e. The Morgan fingerprint density at radius 2 is 1.79 bits per heavy atom. The van der Waals surface area contributed by atoms with Gasteiger partial charge in [-0.1, -0.05) is 18.5 Å². The lowest BCUT2D eigenvalue weighted by molar-refractivity contribution is 0.0599. The van der Waals surface area contributed by atoms with Crippen LogP contribution in [-0.2, 0) is 14.8 Å². The fourth-order valence-electron chi connectivity index (χ4n) is 2.97. The number of benzene rings is 1. The van der Waals surface area contributed by atoms with Crippen LogP contribution in [0.3, 0.4) is 0 Å². The molecule has 0 aliphatic rings. The molecule has 0 radical (unpaired) electrons. The summed E-state index contributed by atoms with van der Waals surface area (Å²) in [5.74, 6) is -0.980. The van der Waals surface area contributed by atoms with E-state index in [-0.39, 0.29) is 29.2 Å². The summed E-state index contributed by atoms with van der Waals surface area (Å²) in [6.07, 6.45) is 0.538. The molecule has 2 rings (SSSR count). The number of nitrogens with zero attached hydrogens (tertiary/aromatic N) is 1. The molecule has 0 fully saturated rings. The van der Waals surface area contributed by atoms with Crippen LogP contribution in [0.5, 0.6) is 0 Å². The van der Waals surface area contributed by atoms with Crippen molar-refractivity contribution < 1.29 is 22.7 Å². The number of ketones is 1. The first-order valence-corrected chi connectivity index (χ1v) is 10.5. The number of esters is 1. The Labute approximate surface area is 169 Å². The first-order chi connectivity index (χ1) is 13.1. The van der Waals surface area contributed by atoms with E-state index in [1.54, 1.807) is 13.8 Å². The van der Waals surface area contributed by atoms with E-state index in [0.717, 1.165) is 4.31 Å². The summed E-state index contributed by atoms with van der Waals surface area (Å²) in [5, 5.41) is 0.421. The summed E-state index contributed by atoms with van der Waals surface area (Å²) in [5.41, 5.74) is 1.42. The van der Waals surface area contributed by atoms with E-state index in [1.807, 2.05) is 6.92 Å². The summed E-state index contributed by atoms with van der Waals surface area (Å²) >= 11 is 5.83. The summed E-state index contributed by atoms with van der Waals surface area (Å²) in [6.45, 7) is 4.94. The van der Waals surface area contributed by atoms with Crippen LogP contribution in [0.2, 0.25) is 5.02 Å². The molecule has 9 heteroatoms. The smallest absolute Gasteiger partial charge is 0.339 e. The molecule has 152 valence electrons. The minimum atomic E-state index is -3.87. The Morgan fingerprint density at radius 1 is 1.18 bits per heavy atom. The average Bonchev–Trinajstić information content (AvgIpc) is 2.95. The van der Waals surface area contributed by atoms with Crippen molar-refractivity contribution in [1.82, 2.24) is 9.29 Å². The van der Waals surface area contributed by atoms with Crippen molar-refractivity contribution in [3.8, 4) is 0 Å². The molecule has 0 spiro atoms. The number of nitrogens with one attached hydrogen (secondary N) is 1. The van der Waals surface area contributed by atoms with E-state index in [2.05, 4.69) is 4.98 Å². The molecule has 1 aromatic heterocycles. The van der Waals surface area contributed by atoms with Gasteiger partial charge in [0.05, 0.1) is 29.8 Å². The topological polar surface area (TPSA) is 96.5 Å². The van der Waals surface area contributed by atoms with Gasteiger partial charge in [0.2, 0.25) is 10.0 Å². The Bertz CT molecular complexity index is 980. The van der Waals surface area contributed by atoms with Gasteiger partial charge in [-0.3, -0.25) is 4.79 Å². The molecule has 1 aromatic carbocycles. The minimum absolute atomic E-state index is 0.0628. The number of carbonyl (C=O) groups is 2. The zero-order valence-electron chi connectivity index (χ0n) is 16.2. The highest BCUT2D eigenvalue weighted by molar-refractivity contribution is 7.89. The van der Waals surface area contributed by atoms with Crippen LogP contribution in [0.1, 0.15) is 45.4 Å². The number of hydrogen-bond acceptors (Lipinski definition) is 5. The Kier molecular flexibility index (Phi) is 7.03. The van der Waals surface area contributed by atoms with Crippen LogP contribution in [-0.4, -0.2) is 49.7 Å². The van der Waals surface area contributed by atoms with Gasteiger partial charge in [-0.2, -0.15) is 4.31 Å². The highest BCUT2D eigenvalue weighted by Crippen LogP contribution is 2.22. The molecule has 0 unspecified atom stereocenters. The second-order valence-electron chi connectivity index (χ2n) is 6.33. The number of methoxy groups -OCH3 is 1. The van der Waals surface area contributed by atoms with Crippen molar-refractivity contribution in [1.29, 1.82) is 0 Å². The maximum Gasteiger partial charge on any atom is 0.339 e. The average molecular weight is 427 g/mol. The van der Waals surface area contributed by atoms with E-state index in [0.29, 0.717) is 22.7 Å². The predicted molar refractivity (Wildman–Crippen MR) is 106 cm³/mol. The number of aryl methyl sites for hydroxylation is 1. The van der Waals surface area contributed by atoms with Crippen LogP contribution in [0.15, 0.2) is 29.2 Å². The third-order valence-electron chi connectivity index (χ3n) is 4.35. The van der Waals surface area contributed by atoms with Crippen molar-refractivity contribution in [2.24, 2.45) is 0 Å². The van der Waals surface area contributed by atoms with Crippen molar-refractivity contribution in [3.63, 3.8) is 0 Å². The van der Waals surface area contributed by atoms with Crippen molar-refractivity contribution in [3.05, 3.63) is 51.8 Å². The first kappa shape index (κ1) is 22.1. The second-order valence-corrected chi connectivity index (χ2v) is 8.71. The summed E-state index contributed by atoms with van der Waals surface area (Å²) in [4.78, 5) is 27.7. The number of Topliss-reactive ketones (excluding diaryl/α,β-unsaturated/α-hetero) is 1. The van der Waals surface area contributed by atoms with E-state index in [9.17, 15) is 18.0 Å². The Morgan fingerprint density at radius 3 is 2.32 bits per heavy atom. The molecule has 0 aliphatic heterocycles. The molecule has 0 aliphatic carbocycles. The zero-order valence-corrected chi connectivity index (χ0v) is 17.8. The SMILES string of the molecule is CCCN(CC(=O)c1[nH]c(C)c(C(=O)OC)c1C)S(=O)(=O)c1ccc(Cl)cc1. The number of sulfonamides is 1. The predicted octanol–water partition coefficient (Wildman–Crippen LogP) is 3.36. The van der Waals surface area contributed by atoms with Gasteiger partial charge >= 0.3 is 5.97 Å². The van der Waals surface area contributed by atoms with Crippen LogP contribution in [0.25, 0.3) is 0 Å². The maximum absolute atomic E-state index is 13.0. The van der Waals surface area contributed by atoms with Crippen LogP contribution >= 0.6 is 11.6 Å². The Hall–Kier alpha value is -2.16. The molecule has 0 saturated carbocycles. The van der Waals surface area contributed by atoms with Crippen molar-refractivity contribution in [2.45, 2.75) is 32.1 Å². The third-order valence-corrected chi connectivity index (χ3v) is 6.46. The molecule has 0 saturated heterocycles. The number of aromatic nitrogens is 1. The van der Waals surface area contributed by atoms with Crippen molar-refractivity contribution in [2.75, 3.05) is 20.2 Å². The molecular weight excluding hydrogens is 404 g/mol. The number of rotatable bonds is 8. The number of halogens is 1. The van der Waals surface area contributed by atoms with E-state index in [1.165, 1.54) is 31.4 Å². The largest absolute Gasteiger partial charge is 0.465 e. The number of carbonyl (C=O) groups excluding carboxylic acids is 2. The monoisotopic (exact) mass is 426 g/mol. The van der Waals surface area contributed by atoms with Crippen LogP contribution < -0.4 is 0 Å². The normalized spacial score (nSPS) is 11.6. The summed E-state index contributed by atoms with van der Waals surface area (Å²) in [7, 11) is -2.61. The molecule has 7 nitrogen and oxygen atoms in total. The van der Waals surface area contributed by atoms with E-state index in [4.69, 9.17) is 16.3 Å². The van der Waals surface area contributed by atoms with Gasteiger partial charge in [-0.25, -0.2) is 13.2 Å². The highest BCUT2D eigenvalue weighted by Gasteiger charge is 2.29. The van der Waals surface area contributed by atoms with E-state index >= 15 is 0 Å². The van der Waals surface area contributed by atoms with Gasteiger partial charge in [-0.15, -0.1) is 0 Å². The first-order valence-electron chi connectivity index (χ1n) is 8.69. The zero-order chi connectivity index (χ0) is 21.1.